The molecule has 31 heavy (non-hydrogen) atoms. The molecule has 1 spiro atoms. The quantitative estimate of drug-likeness (QED) is 0.424. The molecule has 3 rings (SSSR count). The van der Waals surface area contributed by atoms with Crippen LogP contribution < -0.4 is 0 Å². The van der Waals surface area contributed by atoms with E-state index < -0.39 is 33.7 Å². The number of hydrogen-bond donors (Lipinski definition) is 3. The summed E-state index contributed by atoms with van der Waals surface area (Å²) in [5.74, 6) is -1.34. The standard InChI is InChI=1S/C26H40O5/c1-14(2)9-10-25-12-18-23(5,6)17(24(7,8)31)13-26(18,22(25)30)21(29)19(20(25)28)16(27)11-15(3)4/h9,15,17-18,22,29-31H,10-13H2,1-8H3/t17-,18+,22?,25?,26-/m0/s1. The summed E-state index contributed by atoms with van der Waals surface area (Å²) in [5.41, 5.74) is -2.71. The van der Waals surface area contributed by atoms with E-state index in [1.54, 1.807) is 13.8 Å². The molecule has 0 heterocycles. The van der Waals surface area contributed by atoms with Crippen LogP contribution in [0.5, 0.6) is 0 Å². The Morgan fingerprint density at radius 1 is 1.23 bits per heavy atom. The molecule has 0 radical (unpaired) electrons. The van der Waals surface area contributed by atoms with Crippen molar-refractivity contribution in [1.29, 1.82) is 0 Å². The van der Waals surface area contributed by atoms with Crippen molar-refractivity contribution >= 4 is 11.6 Å². The summed E-state index contributed by atoms with van der Waals surface area (Å²) in [6, 6.07) is 0. The van der Waals surface area contributed by atoms with Crippen LogP contribution in [0.25, 0.3) is 0 Å². The maximum atomic E-state index is 13.8. The molecule has 3 N–H and O–H groups in total. The fourth-order valence-corrected chi connectivity index (χ4v) is 7.13. The topological polar surface area (TPSA) is 94.8 Å². The predicted molar refractivity (Wildman–Crippen MR) is 120 cm³/mol. The minimum Gasteiger partial charge on any atom is -0.511 e. The molecule has 5 heteroatoms. The summed E-state index contributed by atoms with van der Waals surface area (Å²) < 4.78 is 0. The molecule has 0 aromatic rings. The van der Waals surface area contributed by atoms with E-state index in [1.807, 2.05) is 33.8 Å². The Balaban J connectivity index is 2.27. The van der Waals surface area contributed by atoms with Crippen molar-refractivity contribution in [2.24, 2.45) is 34.0 Å². The zero-order valence-corrected chi connectivity index (χ0v) is 20.4. The fraction of sp³-hybridized carbons (Fsp3) is 0.769. The minimum absolute atomic E-state index is 0.0521. The highest BCUT2D eigenvalue weighted by Gasteiger charge is 2.77. The molecule has 0 aliphatic heterocycles. The van der Waals surface area contributed by atoms with Crippen molar-refractivity contribution in [3.8, 4) is 0 Å². The second kappa shape index (κ2) is 7.28. The van der Waals surface area contributed by atoms with Gasteiger partial charge in [0.2, 0.25) is 0 Å². The molecule has 3 aliphatic carbocycles. The highest BCUT2D eigenvalue weighted by Crippen LogP contribution is 2.75. The third-order valence-corrected chi connectivity index (χ3v) is 8.50. The normalized spacial score (nSPS) is 36.7. The number of aliphatic hydroxyl groups is 3. The van der Waals surface area contributed by atoms with Gasteiger partial charge in [0.1, 0.15) is 5.76 Å². The van der Waals surface area contributed by atoms with E-state index in [0.717, 1.165) is 5.57 Å². The van der Waals surface area contributed by atoms with Crippen LogP contribution in [-0.2, 0) is 9.59 Å². The third-order valence-electron chi connectivity index (χ3n) is 8.50. The van der Waals surface area contributed by atoms with Gasteiger partial charge in [0.25, 0.3) is 0 Å². The van der Waals surface area contributed by atoms with Crippen LogP contribution >= 0.6 is 0 Å². The van der Waals surface area contributed by atoms with Crippen molar-refractivity contribution in [3.63, 3.8) is 0 Å². The van der Waals surface area contributed by atoms with Crippen molar-refractivity contribution in [1.82, 2.24) is 0 Å². The highest BCUT2D eigenvalue weighted by molar-refractivity contribution is 6.23. The first-order chi connectivity index (χ1) is 14.0. The van der Waals surface area contributed by atoms with E-state index in [-0.39, 0.29) is 41.3 Å². The maximum Gasteiger partial charge on any atom is 0.178 e. The fourth-order valence-electron chi connectivity index (χ4n) is 7.13. The Hall–Kier alpha value is -1.46. The number of hydrogen-bond acceptors (Lipinski definition) is 5. The molecule has 0 aromatic carbocycles. The lowest BCUT2D eigenvalue weighted by Crippen LogP contribution is -2.52. The van der Waals surface area contributed by atoms with Crippen LogP contribution in [0.2, 0.25) is 0 Å². The number of aliphatic hydroxyl groups excluding tert-OH is 2. The lowest BCUT2D eigenvalue weighted by molar-refractivity contribution is -0.139. The van der Waals surface area contributed by atoms with E-state index in [2.05, 4.69) is 13.8 Å². The van der Waals surface area contributed by atoms with Gasteiger partial charge in [-0.15, -0.1) is 0 Å². The molecule has 2 bridgehead atoms. The maximum absolute atomic E-state index is 13.8. The van der Waals surface area contributed by atoms with Gasteiger partial charge in [0, 0.05) is 6.42 Å². The number of ketones is 2. The zero-order valence-electron chi connectivity index (χ0n) is 20.4. The van der Waals surface area contributed by atoms with Crippen LogP contribution in [0.1, 0.15) is 81.1 Å². The lowest BCUT2D eigenvalue weighted by atomic mass is 9.61. The van der Waals surface area contributed by atoms with Gasteiger partial charge in [0.15, 0.2) is 11.6 Å². The second-order valence-electron chi connectivity index (χ2n) is 12.1. The summed E-state index contributed by atoms with van der Waals surface area (Å²) in [4.78, 5) is 27.0. The first-order valence-corrected chi connectivity index (χ1v) is 11.6. The molecular weight excluding hydrogens is 392 g/mol. The van der Waals surface area contributed by atoms with E-state index in [9.17, 15) is 24.9 Å². The van der Waals surface area contributed by atoms with Crippen LogP contribution in [0.3, 0.4) is 0 Å². The number of allylic oxidation sites excluding steroid dienone is 3. The van der Waals surface area contributed by atoms with Gasteiger partial charge in [0.05, 0.1) is 28.1 Å². The second-order valence-corrected chi connectivity index (χ2v) is 12.1. The molecule has 0 aromatic heterocycles. The Morgan fingerprint density at radius 2 is 1.81 bits per heavy atom. The van der Waals surface area contributed by atoms with Gasteiger partial charge in [-0.2, -0.15) is 0 Å². The summed E-state index contributed by atoms with van der Waals surface area (Å²) in [7, 11) is 0. The number of rotatable bonds is 6. The molecule has 0 saturated heterocycles. The first-order valence-electron chi connectivity index (χ1n) is 11.6. The van der Waals surface area contributed by atoms with E-state index in [4.69, 9.17) is 0 Å². The monoisotopic (exact) mass is 432 g/mol. The van der Waals surface area contributed by atoms with Gasteiger partial charge in [-0.05, 0) is 70.1 Å². The third kappa shape index (κ3) is 3.26. The summed E-state index contributed by atoms with van der Waals surface area (Å²) in [5, 5.41) is 34.2. The molecule has 0 amide bonds. The Morgan fingerprint density at radius 3 is 2.29 bits per heavy atom. The molecule has 3 aliphatic rings. The van der Waals surface area contributed by atoms with Crippen molar-refractivity contribution in [3.05, 3.63) is 23.0 Å². The van der Waals surface area contributed by atoms with E-state index in [0.29, 0.717) is 19.3 Å². The van der Waals surface area contributed by atoms with Crippen molar-refractivity contribution in [2.45, 2.75) is 92.8 Å². The molecular formula is C26H40O5. The first kappa shape index (κ1) is 24.2. The summed E-state index contributed by atoms with van der Waals surface area (Å²) in [6.45, 7) is 15.4. The van der Waals surface area contributed by atoms with Crippen LogP contribution in [0.15, 0.2) is 23.0 Å². The average molecular weight is 433 g/mol. The van der Waals surface area contributed by atoms with Gasteiger partial charge >= 0.3 is 0 Å². The molecule has 2 fully saturated rings. The van der Waals surface area contributed by atoms with Gasteiger partial charge < -0.3 is 15.3 Å². The SMILES string of the molecule is CC(C)=CCC12C[C@@H]3C(C)(C)[C@@H](C(C)(C)O)C[C@]3(C(O)=C(C(=O)CC(C)C)C1=O)C2O. The Kier molecular flexibility index (Phi) is 5.68. The van der Waals surface area contributed by atoms with E-state index >= 15 is 0 Å². The van der Waals surface area contributed by atoms with Gasteiger partial charge in [-0.1, -0.05) is 39.3 Å². The van der Waals surface area contributed by atoms with E-state index in [1.165, 1.54) is 0 Å². The Bertz CT molecular complexity index is 852. The van der Waals surface area contributed by atoms with Gasteiger partial charge in [-0.3, -0.25) is 9.59 Å². The minimum atomic E-state index is -1.11. The molecule has 5 nitrogen and oxygen atoms in total. The number of Topliss-reactive ketones (excluding diaryl/α,β-unsaturated/α-hetero) is 2. The summed E-state index contributed by atoms with van der Waals surface area (Å²) >= 11 is 0. The summed E-state index contributed by atoms with van der Waals surface area (Å²) in [6.07, 6.45) is 2.16. The average Bonchev–Trinajstić information content (AvgIpc) is 2.97. The number of fused-ring (bicyclic) bond motifs is 1. The van der Waals surface area contributed by atoms with Crippen LogP contribution in [-0.4, -0.2) is 38.6 Å². The smallest absolute Gasteiger partial charge is 0.178 e. The molecule has 174 valence electrons. The Labute approximate surface area is 186 Å². The number of carbonyl (C=O) groups is 2. The predicted octanol–water partition coefficient (Wildman–Crippen LogP) is 4.52. The number of carbonyl (C=O) groups excluding carboxylic acids is 2. The van der Waals surface area contributed by atoms with Crippen molar-refractivity contribution in [2.75, 3.05) is 0 Å². The van der Waals surface area contributed by atoms with Gasteiger partial charge in [-0.25, -0.2) is 0 Å². The highest BCUT2D eigenvalue weighted by atomic mass is 16.3. The van der Waals surface area contributed by atoms with Crippen molar-refractivity contribution < 1.29 is 24.9 Å². The van der Waals surface area contributed by atoms with Crippen LogP contribution in [0.4, 0.5) is 0 Å². The lowest BCUT2D eigenvalue weighted by Gasteiger charge is -2.44. The molecule has 5 atom stereocenters. The van der Waals surface area contributed by atoms with Crippen LogP contribution in [0, 0.1) is 34.0 Å². The zero-order chi connectivity index (χ0) is 23.7. The largest absolute Gasteiger partial charge is 0.511 e. The molecule has 2 unspecified atom stereocenters. The molecule has 2 saturated carbocycles.